The SMILES string of the molecule is O=C(NCc1ccccc1)c1ccc(N2C(=O)[C@@H]3[C@@H](C2=O)[C@H]2C=C[C@H]3C2)cc1. The third-order valence-corrected chi connectivity index (χ3v) is 6.15. The Morgan fingerprint density at radius 1 is 0.893 bits per heavy atom. The average molecular weight is 372 g/mol. The quantitative estimate of drug-likeness (QED) is 0.663. The minimum atomic E-state index is -0.212. The lowest BCUT2D eigenvalue weighted by Crippen LogP contribution is -2.32. The number of amides is 3. The van der Waals surface area contributed by atoms with Gasteiger partial charge in [0, 0.05) is 12.1 Å². The first-order chi connectivity index (χ1) is 13.6. The smallest absolute Gasteiger partial charge is 0.251 e. The number of benzene rings is 2. The number of imide groups is 1. The van der Waals surface area contributed by atoms with Crippen molar-refractivity contribution in [1.82, 2.24) is 5.32 Å². The summed E-state index contributed by atoms with van der Waals surface area (Å²) in [5.41, 5.74) is 2.07. The zero-order valence-corrected chi connectivity index (χ0v) is 15.2. The van der Waals surface area contributed by atoms with Gasteiger partial charge in [-0.05, 0) is 48.1 Å². The van der Waals surface area contributed by atoms with Gasteiger partial charge in [-0.3, -0.25) is 19.3 Å². The van der Waals surface area contributed by atoms with Gasteiger partial charge in [-0.25, -0.2) is 0 Å². The molecular formula is C23H20N2O3. The maximum Gasteiger partial charge on any atom is 0.251 e. The van der Waals surface area contributed by atoms with Gasteiger partial charge in [0.25, 0.3) is 5.91 Å². The second-order valence-corrected chi connectivity index (χ2v) is 7.73. The number of rotatable bonds is 4. The molecule has 1 aliphatic heterocycles. The summed E-state index contributed by atoms with van der Waals surface area (Å²) in [6.07, 6.45) is 5.09. The minimum absolute atomic E-state index is 0.104. The molecule has 5 nitrogen and oxygen atoms in total. The van der Waals surface area contributed by atoms with Crippen LogP contribution in [0.5, 0.6) is 0 Å². The molecule has 2 fully saturated rings. The Labute approximate surface area is 163 Å². The lowest BCUT2D eigenvalue weighted by atomic mass is 9.85. The van der Waals surface area contributed by atoms with Gasteiger partial charge in [0.1, 0.15) is 0 Å². The van der Waals surface area contributed by atoms with E-state index in [2.05, 4.69) is 17.5 Å². The molecule has 0 radical (unpaired) electrons. The first-order valence-corrected chi connectivity index (χ1v) is 9.62. The zero-order chi connectivity index (χ0) is 19.3. The lowest BCUT2D eigenvalue weighted by molar-refractivity contribution is -0.123. The molecule has 2 aromatic rings. The minimum Gasteiger partial charge on any atom is -0.348 e. The molecule has 0 aromatic heterocycles. The lowest BCUT2D eigenvalue weighted by Gasteiger charge is -2.17. The second-order valence-electron chi connectivity index (χ2n) is 7.73. The van der Waals surface area contributed by atoms with E-state index in [0.29, 0.717) is 17.8 Å². The van der Waals surface area contributed by atoms with E-state index in [0.717, 1.165) is 12.0 Å². The van der Waals surface area contributed by atoms with Crippen molar-refractivity contribution in [3.05, 3.63) is 77.9 Å². The Kier molecular flexibility index (Phi) is 3.90. The van der Waals surface area contributed by atoms with Gasteiger partial charge in [0.15, 0.2) is 0 Å². The van der Waals surface area contributed by atoms with Crippen molar-refractivity contribution in [1.29, 1.82) is 0 Å². The average Bonchev–Trinajstić information content (AvgIpc) is 3.41. The Morgan fingerprint density at radius 2 is 1.50 bits per heavy atom. The van der Waals surface area contributed by atoms with Crippen molar-refractivity contribution in [2.45, 2.75) is 13.0 Å². The maximum absolute atomic E-state index is 12.9. The van der Waals surface area contributed by atoms with Crippen molar-refractivity contribution >= 4 is 23.4 Å². The summed E-state index contributed by atoms with van der Waals surface area (Å²) < 4.78 is 0. The highest BCUT2D eigenvalue weighted by molar-refractivity contribution is 6.22. The van der Waals surface area contributed by atoms with Crippen LogP contribution in [0.25, 0.3) is 0 Å². The summed E-state index contributed by atoms with van der Waals surface area (Å²) in [7, 11) is 0. The van der Waals surface area contributed by atoms with Crippen LogP contribution < -0.4 is 10.2 Å². The molecule has 140 valence electrons. The molecule has 1 N–H and O–H groups in total. The summed E-state index contributed by atoms with van der Waals surface area (Å²) in [4.78, 5) is 39.4. The number of carbonyl (C=O) groups is 3. The fourth-order valence-corrected chi connectivity index (χ4v) is 4.80. The third kappa shape index (κ3) is 2.58. The van der Waals surface area contributed by atoms with Crippen LogP contribution in [0.3, 0.4) is 0 Å². The Balaban J connectivity index is 1.30. The molecule has 2 aromatic carbocycles. The fourth-order valence-electron chi connectivity index (χ4n) is 4.80. The normalized spacial score (nSPS) is 27.4. The van der Waals surface area contributed by atoms with E-state index in [-0.39, 0.29) is 41.4 Å². The van der Waals surface area contributed by atoms with Gasteiger partial charge < -0.3 is 5.32 Å². The van der Waals surface area contributed by atoms with E-state index in [1.807, 2.05) is 30.3 Å². The molecule has 2 bridgehead atoms. The van der Waals surface area contributed by atoms with Crippen LogP contribution in [0.4, 0.5) is 5.69 Å². The van der Waals surface area contributed by atoms with Crippen LogP contribution in [-0.2, 0) is 16.1 Å². The van der Waals surface area contributed by atoms with Crippen LogP contribution in [0, 0.1) is 23.7 Å². The van der Waals surface area contributed by atoms with Crippen LogP contribution in [0.2, 0.25) is 0 Å². The molecule has 28 heavy (non-hydrogen) atoms. The van der Waals surface area contributed by atoms with Gasteiger partial charge in [0.2, 0.25) is 11.8 Å². The van der Waals surface area contributed by atoms with Crippen LogP contribution in [0.1, 0.15) is 22.3 Å². The van der Waals surface area contributed by atoms with Crippen LogP contribution in [-0.4, -0.2) is 17.7 Å². The number of anilines is 1. The van der Waals surface area contributed by atoms with E-state index in [9.17, 15) is 14.4 Å². The number of allylic oxidation sites excluding steroid dienone is 2. The predicted octanol–water partition coefficient (Wildman–Crippen LogP) is 2.93. The number of nitrogens with zero attached hydrogens (tertiary/aromatic N) is 1. The first kappa shape index (κ1) is 16.9. The van der Waals surface area contributed by atoms with Gasteiger partial charge in [-0.1, -0.05) is 42.5 Å². The first-order valence-electron chi connectivity index (χ1n) is 9.62. The van der Waals surface area contributed by atoms with E-state index in [4.69, 9.17) is 0 Å². The molecule has 2 aliphatic carbocycles. The molecule has 5 heteroatoms. The standard InChI is InChI=1S/C23H20N2O3/c26-21(24-13-14-4-2-1-3-5-14)15-8-10-18(11-9-15)25-22(27)19-16-6-7-17(12-16)20(19)23(25)28/h1-11,16-17,19-20H,12-13H2,(H,24,26)/t16-,17-,19-,20-/m0/s1. The van der Waals surface area contributed by atoms with E-state index < -0.39 is 0 Å². The molecule has 1 saturated heterocycles. The number of fused-ring (bicyclic) bond motifs is 5. The Bertz CT molecular complexity index is 951. The highest BCUT2D eigenvalue weighted by atomic mass is 16.2. The monoisotopic (exact) mass is 372 g/mol. The van der Waals surface area contributed by atoms with Gasteiger partial charge >= 0.3 is 0 Å². The van der Waals surface area contributed by atoms with Crippen LogP contribution in [0.15, 0.2) is 66.7 Å². The zero-order valence-electron chi connectivity index (χ0n) is 15.2. The third-order valence-electron chi connectivity index (χ3n) is 6.15. The highest BCUT2D eigenvalue weighted by Gasteiger charge is 2.59. The molecule has 3 aliphatic rings. The topological polar surface area (TPSA) is 66.5 Å². The predicted molar refractivity (Wildman–Crippen MR) is 104 cm³/mol. The second kappa shape index (κ2) is 6.44. The summed E-state index contributed by atoms with van der Waals surface area (Å²) in [5.74, 6) is -0.429. The maximum atomic E-state index is 12.9. The molecule has 1 saturated carbocycles. The number of hydrogen-bond acceptors (Lipinski definition) is 3. The van der Waals surface area contributed by atoms with Crippen molar-refractivity contribution in [3.8, 4) is 0 Å². The van der Waals surface area contributed by atoms with Gasteiger partial charge in [0.05, 0.1) is 17.5 Å². The Morgan fingerprint density at radius 3 is 2.11 bits per heavy atom. The number of carbonyl (C=O) groups excluding carboxylic acids is 3. The Hall–Kier alpha value is -3.21. The largest absolute Gasteiger partial charge is 0.348 e. The van der Waals surface area contributed by atoms with E-state index >= 15 is 0 Å². The fraction of sp³-hybridized carbons (Fsp3) is 0.261. The van der Waals surface area contributed by atoms with Gasteiger partial charge in [-0.15, -0.1) is 0 Å². The van der Waals surface area contributed by atoms with Crippen LogP contribution >= 0.6 is 0 Å². The molecule has 0 spiro atoms. The summed E-state index contributed by atoms with van der Waals surface area (Å²) in [6, 6.07) is 16.4. The van der Waals surface area contributed by atoms with Crippen molar-refractivity contribution in [2.24, 2.45) is 23.7 Å². The molecule has 1 heterocycles. The van der Waals surface area contributed by atoms with E-state index in [1.165, 1.54) is 4.90 Å². The molecular weight excluding hydrogens is 352 g/mol. The number of hydrogen-bond donors (Lipinski definition) is 1. The van der Waals surface area contributed by atoms with Crippen molar-refractivity contribution < 1.29 is 14.4 Å². The molecule has 0 unspecified atom stereocenters. The summed E-state index contributed by atoms with van der Waals surface area (Å²) >= 11 is 0. The van der Waals surface area contributed by atoms with Gasteiger partial charge in [-0.2, -0.15) is 0 Å². The molecule has 4 atom stereocenters. The van der Waals surface area contributed by atoms with Crippen molar-refractivity contribution in [3.63, 3.8) is 0 Å². The summed E-state index contributed by atoms with van der Waals surface area (Å²) in [5, 5.41) is 2.88. The van der Waals surface area contributed by atoms with Crippen molar-refractivity contribution in [2.75, 3.05) is 4.90 Å². The summed E-state index contributed by atoms with van der Waals surface area (Å²) in [6.45, 7) is 0.448. The molecule has 5 rings (SSSR count). The number of nitrogens with one attached hydrogen (secondary N) is 1. The molecule has 3 amide bonds. The highest BCUT2D eigenvalue weighted by Crippen LogP contribution is 2.53. The van der Waals surface area contributed by atoms with E-state index in [1.54, 1.807) is 24.3 Å².